The summed E-state index contributed by atoms with van der Waals surface area (Å²) in [5, 5.41) is 17.2. The fraction of sp³-hybridized carbons (Fsp3) is 0.0667. The maximum Gasteiger partial charge on any atom is 0.339 e. The minimum Gasteiger partial charge on any atom is -0.496 e. The number of carboxylic acid groups (broad SMARTS) is 2. The summed E-state index contributed by atoms with van der Waals surface area (Å²) in [5.74, 6) is -2.65. The molecule has 0 fully saturated rings. The van der Waals surface area contributed by atoms with Crippen LogP contribution in [0.4, 0.5) is 15.8 Å². The number of benzene rings is 2. The number of carboxylic acids is 2. The number of halogens is 2. The Morgan fingerprint density at radius 2 is 1.71 bits per heavy atom. The molecule has 24 heavy (non-hydrogen) atoms. The molecule has 0 amide bonds. The van der Waals surface area contributed by atoms with Crippen LogP contribution in [0.3, 0.4) is 0 Å². The molecule has 0 saturated carbocycles. The van der Waals surface area contributed by atoms with Crippen LogP contribution >= 0.6 is 15.9 Å². The number of nitrogens with two attached hydrogens (primary N) is 2. The zero-order valence-electron chi connectivity index (χ0n) is 12.4. The molecule has 0 atom stereocenters. The van der Waals surface area contributed by atoms with Crippen molar-refractivity contribution < 1.29 is 28.9 Å². The van der Waals surface area contributed by atoms with E-state index in [9.17, 15) is 14.0 Å². The van der Waals surface area contributed by atoms with Gasteiger partial charge in [0.05, 0.1) is 18.4 Å². The highest BCUT2D eigenvalue weighted by atomic mass is 79.9. The van der Waals surface area contributed by atoms with E-state index in [0.29, 0.717) is 10.2 Å². The molecule has 2 aromatic rings. The normalized spacial score (nSPS) is 9.62. The predicted octanol–water partition coefficient (Wildman–Crippen LogP) is 2.84. The van der Waals surface area contributed by atoms with E-state index in [0.717, 1.165) is 6.07 Å². The van der Waals surface area contributed by atoms with E-state index in [1.807, 2.05) is 0 Å². The first kappa shape index (κ1) is 19.2. The van der Waals surface area contributed by atoms with Crippen molar-refractivity contribution in [3.63, 3.8) is 0 Å². The average molecular weight is 401 g/mol. The van der Waals surface area contributed by atoms with Crippen LogP contribution in [0.15, 0.2) is 34.8 Å². The number of rotatable bonds is 3. The van der Waals surface area contributed by atoms with Crippen molar-refractivity contribution in [2.24, 2.45) is 0 Å². The summed E-state index contributed by atoms with van der Waals surface area (Å²) in [6, 6.07) is 6.24. The zero-order valence-corrected chi connectivity index (χ0v) is 14.0. The first-order valence-corrected chi connectivity index (χ1v) is 7.11. The van der Waals surface area contributed by atoms with E-state index in [1.54, 1.807) is 0 Å². The monoisotopic (exact) mass is 400 g/mol. The molecule has 6 N–H and O–H groups in total. The molecule has 0 heterocycles. The van der Waals surface area contributed by atoms with Crippen LogP contribution in [-0.4, -0.2) is 29.3 Å². The molecule has 0 aliphatic carbocycles. The second-order valence-electron chi connectivity index (χ2n) is 4.42. The van der Waals surface area contributed by atoms with Gasteiger partial charge in [-0.3, -0.25) is 0 Å². The lowest BCUT2D eigenvalue weighted by atomic mass is 10.2. The molecule has 9 heteroatoms. The van der Waals surface area contributed by atoms with E-state index in [4.69, 9.17) is 26.4 Å². The van der Waals surface area contributed by atoms with Crippen LogP contribution in [0, 0.1) is 5.82 Å². The van der Waals surface area contributed by atoms with Crippen LogP contribution in [0.25, 0.3) is 0 Å². The van der Waals surface area contributed by atoms with Gasteiger partial charge >= 0.3 is 11.9 Å². The highest BCUT2D eigenvalue weighted by molar-refractivity contribution is 9.10. The highest BCUT2D eigenvalue weighted by Crippen LogP contribution is 2.28. The van der Waals surface area contributed by atoms with Crippen molar-refractivity contribution in [2.75, 3.05) is 18.6 Å². The van der Waals surface area contributed by atoms with Crippen LogP contribution < -0.4 is 16.2 Å². The molecule has 0 saturated heterocycles. The lowest BCUT2D eigenvalue weighted by Gasteiger charge is -2.06. The van der Waals surface area contributed by atoms with Gasteiger partial charge in [-0.05, 0) is 40.2 Å². The van der Waals surface area contributed by atoms with Gasteiger partial charge in [0.1, 0.15) is 17.1 Å². The zero-order chi connectivity index (χ0) is 18.4. The fourth-order valence-electron chi connectivity index (χ4n) is 1.57. The molecule has 0 bridgehead atoms. The predicted molar refractivity (Wildman–Crippen MR) is 89.8 cm³/mol. The molecule has 0 spiro atoms. The van der Waals surface area contributed by atoms with Gasteiger partial charge in [-0.25, -0.2) is 14.0 Å². The minimum absolute atomic E-state index is 0.0463. The second kappa shape index (κ2) is 8.16. The Morgan fingerprint density at radius 3 is 2.17 bits per heavy atom. The van der Waals surface area contributed by atoms with E-state index in [-0.39, 0.29) is 22.6 Å². The summed E-state index contributed by atoms with van der Waals surface area (Å²) in [6.45, 7) is 0. The van der Waals surface area contributed by atoms with Crippen molar-refractivity contribution in [2.45, 2.75) is 0 Å². The summed E-state index contributed by atoms with van der Waals surface area (Å²) >= 11 is 3.13. The molecule has 2 rings (SSSR count). The summed E-state index contributed by atoms with van der Waals surface area (Å²) in [5.41, 5.74) is 11.1. The van der Waals surface area contributed by atoms with Gasteiger partial charge < -0.3 is 26.4 Å². The third-order valence-electron chi connectivity index (χ3n) is 2.80. The Labute approximate surface area is 144 Å². The van der Waals surface area contributed by atoms with Crippen molar-refractivity contribution in [3.05, 3.63) is 51.7 Å². The Kier molecular flexibility index (Phi) is 6.54. The summed E-state index contributed by atoms with van der Waals surface area (Å²) in [7, 11) is 1.40. The number of hydrogen-bond donors (Lipinski definition) is 4. The van der Waals surface area contributed by atoms with E-state index >= 15 is 0 Å². The highest BCUT2D eigenvalue weighted by Gasteiger charge is 2.12. The number of ether oxygens (including phenoxy) is 1. The van der Waals surface area contributed by atoms with Crippen molar-refractivity contribution in [1.82, 2.24) is 0 Å². The second-order valence-corrected chi connectivity index (χ2v) is 5.27. The smallest absolute Gasteiger partial charge is 0.339 e. The van der Waals surface area contributed by atoms with Crippen molar-refractivity contribution in [3.8, 4) is 5.75 Å². The maximum atomic E-state index is 12.6. The number of anilines is 2. The van der Waals surface area contributed by atoms with E-state index in [2.05, 4.69) is 15.9 Å². The van der Waals surface area contributed by atoms with E-state index in [1.165, 1.54) is 31.4 Å². The first-order chi connectivity index (χ1) is 11.2. The van der Waals surface area contributed by atoms with Gasteiger partial charge in [-0.2, -0.15) is 0 Å². The molecule has 0 aliphatic rings. The molecule has 0 unspecified atom stereocenters. The first-order valence-electron chi connectivity index (χ1n) is 6.32. The maximum absolute atomic E-state index is 12.6. The van der Waals surface area contributed by atoms with Crippen LogP contribution in [0.2, 0.25) is 0 Å². The van der Waals surface area contributed by atoms with E-state index < -0.39 is 17.8 Å². The number of aromatic carboxylic acids is 2. The van der Waals surface area contributed by atoms with Crippen LogP contribution in [-0.2, 0) is 0 Å². The average Bonchev–Trinajstić information content (AvgIpc) is 2.52. The molecular formula is C15H14BrFN2O5. The molecule has 2 aromatic carbocycles. The topological polar surface area (TPSA) is 136 Å². The Hall–Kier alpha value is -2.81. The number of hydrogen-bond acceptors (Lipinski definition) is 5. The molecule has 0 aromatic heterocycles. The van der Waals surface area contributed by atoms with Crippen molar-refractivity contribution >= 4 is 39.2 Å². The molecule has 7 nitrogen and oxygen atoms in total. The van der Waals surface area contributed by atoms with Crippen LogP contribution in [0.5, 0.6) is 5.75 Å². The summed E-state index contributed by atoms with van der Waals surface area (Å²) in [6.07, 6.45) is 0. The van der Waals surface area contributed by atoms with Gasteiger partial charge in [0.25, 0.3) is 0 Å². The largest absolute Gasteiger partial charge is 0.496 e. The Bertz CT molecular complexity index is 783. The van der Waals surface area contributed by atoms with Crippen molar-refractivity contribution in [1.29, 1.82) is 0 Å². The lowest BCUT2D eigenvalue weighted by molar-refractivity contribution is 0.0684. The number of carbonyl (C=O) groups is 2. The fourth-order valence-corrected chi connectivity index (χ4v) is 1.91. The third-order valence-corrected chi connectivity index (χ3v) is 3.48. The minimum atomic E-state index is -1.16. The lowest BCUT2D eigenvalue weighted by Crippen LogP contribution is -2.02. The van der Waals surface area contributed by atoms with Gasteiger partial charge in [0.2, 0.25) is 0 Å². The van der Waals surface area contributed by atoms with Gasteiger partial charge in [0.15, 0.2) is 0 Å². The molecule has 0 aliphatic heterocycles. The SMILES string of the molecule is COc1cc(N)c(Br)cc1C(=O)O.Nc1ccc(C(=O)O)cc1F. The van der Waals surface area contributed by atoms with Gasteiger partial charge in [-0.1, -0.05) is 0 Å². The standard InChI is InChI=1S/C8H8BrNO3.C7H6FNO2/c1-13-7-3-6(10)5(9)2-4(7)8(11)12;8-5-3-4(7(10)11)1-2-6(5)9/h2-3H,10H2,1H3,(H,11,12);1-3H,9H2,(H,10,11). The molecule has 128 valence electrons. The Balaban J connectivity index is 0.000000243. The molecular weight excluding hydrogens is 387 g/mol. The van der Waals surface area contributed by atoms with Gasteiger partial charge in [-0.15, -0.1) is 0 Å². The number of nitrogen functional groups attached to an aromatic ring is 2. The van der Waals surface area contributed by atoms with Gasteiger partial charge in [0, 0.05) is 16.2 Å². The number of methoxy groups -OCH3 is 1. The van der Waals surface area contributed by atoms with Crippen LogP contribution in [0.1, 0.15) is 20.7 Å². The Morgan fingerprint density at radius 1 is 1.08 bits per heavy atom. The third kappa shape index (κ3) is 4.85. The summed E-state index contributed by atoms with van der Waals surface area (Å²) in [4.78, 5) is 21.0. The quantitative estimate of drug-likeness (QED) is 0.581. The molecule has 0 radical (unpaired) electrons. The summed E-state index contributed by atoms with van der Waals surface area (Å²) < 4.78 is 18.0.